The van der Waals surface area contributed by atoms with Gasteiger partial charge in [-0.15, -0.1) is 0 Å². The Labute approximate surface area is 52.1 Å². The summed E-state index contributed by atoms with van der Waals surface area (Å²) >= 11 is 5.19. The van der Waals surface area contributed by atoms with Gasteiger partial charge in [-0.2, -0.15) is 0 Å². The van der Waals surface area contributed by atoms with Gasteiger partial charge in [-0.05, 0) is 0 Å². The molecule has 3 nitrogen and oxygen atoms in total. The Balaban J connectivity index is 3.18. The fraction of sp³-hybridized carbons (Fsp3) is 0.250. The van der Waals surface area contributed by atoms with Crippen LogP contribution in [-0.2, 0) is 4.74 Å². The summed E-state index contributed by atoms with van der Waals surface area (Å²) in [4.78, 5) is 9.80. The van der Waals surface area contributed by atoms with Crippen molar-refractivity contribution in [2.24, 2.45) is 5.73 Å². The van der Waals surface area contributed by atoms with E-state index in [1.54, 1.807) is 0 Å². The monoisotopic (exact) mass is 135 g/mol. The lowest BCUT2D eigenvalue weighted by Crippen LogP contribution is -2.13. The fourth-order valence-corrected chi connectivity index (χ4v) is 0.204. The molecule has 0 saturated heterocycles. The van der Waals surface area contributed by atoms with Crippen LogP contribution in [-0.4, -0.2) is 12.7 Å². The summed E-state index contributed by atoms with van der Waals surface area (Å²) in [5.74, 6) is 0. The van der Waals surface area contributed by atoms with Crippen molar-refractivity contribution in [3.8, 4) is 0 Å². The summed E-state index contributed by atoms with van der Waals surface area (Å²) in [6.45, 7) is 3.24. The van der Waals surface area contributed by atoms with Gasteiger partial charge >= 0.3 is 6.09 Å². The zero-order chi connectivity index (χ0) is 6.57. The highest BCUT2D eigenvalue weighted by molar-refractivity contribution is 6.29. The van der Waals surface area contributed by atoms with E-state index in [1.165, 1.54) is 0 Å². The van der Waals surface area contributed by atoms with Crippen molar-refractivity contribution in [2.75, 3.05) is 6.61 Å². The van der Waals surface area contributed by atoms with Gasteiger partial charge in [0.25, 0.3) is 0 Å². The van der Waals surface area contributed by atoms with E-state index in [0.29, 0.717) is 0 Å². The lowest BCUT2D eigenvalue weighted by Gasteiger charge is -1.95. The van der Waals surface area contributed by atoms with Gasteiger partial charge in [-0.3, -0.25) is 0 Å². The van der Waals surface area contributed by atoms with Crippen LogP contribution in [0.1, 0.15) is 0 Å². The SMILES string of the molecule is C=C(Cl)COC(N)=O. The lowest BCUT2D eigenvalue weighted by atomic mass is 10.7. The maximum Gasteiger partial charge on any atom is 0.404 e. The third kappa shape index (κ3) is 5.30. The van der Waals surface area contributed by atoms with E-state index < -0.39 is 6.09 Å². The first-order chi connectivity index (χ1) is 3.63. The zero-order valence-electron chi connectivity index (χ0n) is 4.19. The summed E-state index contributed by atoms with van der Waals surface area (Å²) in [7, 11) is 0. The van der Waals surface area contributed by atoms with Crippen LogP contribution in [0, 0.1) is 0 Å². The minimum atomic E-state index is -0.841. The van der Waals surface area contributed by atoms with Gasteiger partial charge in [-0.1, -0.05) is 18.2 Å². The number of hydrogen-bond donors (Lipinski definition) is 1. The molecule has 0 aromatic carbocycles. The van der Waals surface area contributed by atoms with Gasteiger partial charge in [-0.25, -0.2) is 4.79 Å². The van der Waals surface area contributed by atoms with Gasteiger partial charge in [0.2, 0.25) is 0 Å². The lowest BCUT2D eigenvalue weighted by molar-refractivity contribution is 0.168. The predicted molar refractivity (Wildman–Crippen MR) is 30.5 cm³/mol. The van der Waals surface area contributed by atoms with Crippen LogP contribution in [0.15, 0.2) is 11.6 Å². The van der Waals surface area contributed by atoms with E-state index in [1.807, 2.05) is 0 Å². The number of halogens is 1. The third-order valence-electron chi connectivity index (χ3n) is 0.371. The highest BCUT2D eigenvalue weighted by Crippen LogP contribution is 1.95. The highest BCUT2D eigenvalue weighted by Gasteiger charge is 1.91. The molecule has 0 aliphatic heterocycles. The van der Waals surface area contributed by atoms with Gasteiger partial charge in [0.1, 0.15) is 6.61 Å². The molecule has 1 amide bonds. The van der Waals surface area contributed by atoms with Crippen LogP contribution in [0.4, 0.5) is 4.79 Å². The molecule has 0 spiro atoms. The molecular weight excluding hydrogens is 130 g/mol. The molecule has 0 aliphatic rings. The summed E-state index contributed by atoms with van der Waals surface area (Å²) < 4.78 is 4.21. The van der Waals surface area contributed by atoms with Crippen LogP contribution >= 0.6 is 11.6 Å². The van der Waals surface area contributed by atoms with Crippen molar-refractivity contribution >= 4 is 17.7 Å². The Kier molecular flexibility index (Phi) is 3.03. The van der Waals surface area contributed by atoms with Crippen LogP contribution in [0.25, 0.3) is 0 Å². The van der Waals surface area contributed by atoms with E-state index in [9.17, 15) is 4.79 Å². The molecule has 8 heavy (non-hydrogen) atoms. The standard InChI is InChI=1S/C4H6ClNO2/c1-3(5)2-8-4(6)7/h1-2H2,(H2,6,7). The van der Waals surface area contributed by atoms with Crippen molar-refractivity contribution < 1.29 is 9.53 Å². The summed E-state index contributed by atoms with van der Waals surface area (Å²) in [6, 6.07) is 0. The zero-order valence-corrected chi connectivity index (χ0v) is 4.94. The maximum absolute atomic E-state index is 9.80. The molecule has 0 aliphatic carbocycles. The van der Waals surface area contributed by atoms with Gasteiger partial charge in [0, 0.05) is 5.03 Å². The van der Waals surface area contributed by atoms with Crippen LogP contribution < -0.4 is 5.73 Å². The normalized spacial score (nSPS) is 8.12. The minimum absolute atomic E-state index is 0.0170. The Bertz CT molecular complexity index is 98.6. The largest absolute Gasteiger partial charge is 0.444 e. The first kappa shape index (κ1) is 7.30. The van der Waals surface area contributed by atoms with Crippen molar-refractivity contribution in [1.82, 2.24) is 0 Å². The molecule has 0 radical (unpaired) electrons. The number of carbonyl (C=O) groups excluding carboxylic acids is 1. The van der Waals surface area contributed by atoms with E-state index in [-0.39, 0.29) is 11.6 Å². The van der Waals surface area contributed by atoms with Crippen LogP contribution in [0.3, 0.4) is 0 Å². The summed E-state index contributed by atoms with van der Waals surface area (Å²) in [6.07, 6.45) is -0.841. The van der Waals surface area contributed by atoms with Crippen molar-refractivity contribution in [2.45, 2.75) is 0 Å². The first-order valence-electron chi connectivity index (χ1n) is 1.88. The second-order valence-corrected chi connectivity index (χ2v) is 1.66. The van der Waals surface area contributed by atoms with Crippen molar-refractivity contribution in [3.05, 3.63) is 11.6 Å². The summed E-state index contributed by atoms with van der Waals surface area (Å²) in [5, 5.41) is 0.254. The first-order valence-corrected chi connectivity index (χ1v) is 2.26. The highest BCUT2D eigenvalue weighted by atomic mass is 35.5. The van der Waals surface area contributed by atoms with E-state index >= 15 is 0 Å². The molecule has 0 bridgehead atoms. The summed E-state index contributed by atoms with van der Waals surface area (Å²) in [5.41, 5.74) is 4.58. The molecule has 0 atom stereocenters. The molecule has 0 saturated carbocycles. The maximum atomic E-state index is 9.80. The molecule has 4 heteroatoms. The topological polar surface area (TPSA) is 52.3 Å². The minimum Gasteiger partial charge on any atom is -0.444 e. The van der Waals surface area contributed by atoms with Crippen molar-refractivity contribution in [1.29, 1.82) is 0 Å². The number of carbonyl (C=O) groups is 1. The molecule has 2 N–H and O–H groups in total. The molecule has 0 heterocycles. The van der Waals surface area contributed by atoms with Gasteiger partial charge in [0.05, 0.1) is 0 Å². The second kappa shape index (κ2) is 3.32. The second-order valence-electron chi connectivity index (χ2n) is 1.12. The number of hydrogen-bond acceptors (Lipinski definition) is 2. The fourth-order valence-electron chi connectivity index (χ4n) is 0.149. The van der Waals surface area contributed by atoms with E-state index in [4.69, 9.17) is 11.6 Å². The van der Waals surface area contributed by atoms with Crippen LogP contribution in [0.2, 0.25) is 0 Å². The molecule has 0 fully saturated rings. The third-order valence-corrected chi connectivity index (χ3v) is 0.480. The van der Waals surface area contributed by atoms with E-state index in [2.05, 4.69) is 17.0 Å². The Morgan fingerprint density at radius 3 is 2.50 bits per heavy atom. The van der Waals surface area contributed by atoms with Gasteiger partial charge in [0.15, 0.2) is 0 Å². The molecule has 0 aromatic rings. The van der Waals surface area contributed by atoms with Crippen molar-refractivity contribution in [3.63, 3.8) is 0 Å². The number of primary amides is 1. The number of nitrogens with two attached hydrogens (primary N) is 1. The number of amides is 1. The average molecular weight is 136 g/mol. The van der Waals surface area contributed by atoms with Gasteiger partial charge < -0.3 is 10.5 Å². The quantitative estimate of drug-likeness (QED) is 0.610. The smallest absolute Gasteiger partial charge is 0.404 e. The molecule has 46 valence electrons. The predicted octanol–water partition coefficient (Wildman–Crippen LogP) is 0.834. The Morgan fingerprint density at radius 1 is 1.88 bits per heavy atom. The Hall–Kier alpha value is -0.700. The average Bonchev–Trinajstić information content (AvgIpc) is 1.61. The molecule has 0 rings (SSSR count). The number of rotatable bonds is 2. The van der Waals surface area contributed by atoms with Crippen LogP contribution in [0.5, 0.6) is 0 Å². The van der Waals surface area contributed by atoms with E-state index in [0.717, 1.165) is 0 Å². The number of ether oxygens (including phenoxy) is 1. The Morgan fingerprint density at radius 2 is 2.38 bits per heavy atom. The molecular formula is C4H6ClNO2. The molecule has 0 aromatic heterocycles. The molecule has 0 unspecified atom stereocenters.